The summed E-state index contributed by atoms with van der Waals surface area (Å²) in [7, 11) is 1.65. The molecule has 4 nitrogen and oxygen atoms in total. The van der Waals surface area contributed by atoms with Crippen molar-refractivity contribution < 1.29 is 14.3 Å². The summed E-state index contributed by atoms with van der Waals surface area (Å²) >= 11 is 0. The van der Waals surface area contributed by atoms with Crippen LogP contribution in [-0.4, -0.2) is 32.3 Å². The number of aryl methyl sites for hydroxylation is 1. The second-order valence-corrected chi connectivity index (χ2v) is 4.60. The van der Waals surface area contributed by atoms with Gasteiger partial charge >= 0.3 is 0 Å². The topological polar surface area (TPSA) is 47.6 Å². The molecule has 0 fully saturated rings. The monoisotopic (exact) mass is 265 g/mol. The van der Waals surface area contributed by atoms with Gasteiger partial charge in [0.25, 0.3) is 5.91 Å². The van der Waals surface area contributed by atoms with Gasteiger partial charge in [0, 0.05) is 20.3 Å². The van der Waals surface area contributed by atoms with E-state index in [1.807, 2.05) is 32.0 Å². The maximum Gasteiger partial charge on any atom is 0.260 e. The van der Waals surface area contributed by atoms with Gasteiger partial charge in [0.1, 0.15) is 5.75 Å². The molecule has 0 heterocycles. The summed E-state index contributed by atoms with van der Waals surface area (Å²) < 4.78 is 10.6. The lowest BCUT2D eigenvalue weighted by Crippen LogP contribution is -2.37. The second-order valence-electron chi connectivity index (χ2n) is 4.60. The van der Waals surface area contributed by atoms with Gasteiger partial charge in [-0.25, -0.2) is 0 Å². The zero-order chi connectivity index (χ0) is 14.3. The number of rotatable bonds is 7. The summed E-state index contributed by atoms with van der Waals surface area (Å²) in [5, 5.41) is 2.83. The van der Waals surface area contributed by atoms with Crippen molar-refractivity contribution in [2.24, 2.45) is 0 Å². The van der Waals surface area contributed by atoms with Crippen molar-refractivity contribution in [1.82, 2.24) is 5.32 Å². The number of methoxy groups -OCH3 is 1. The van der Waals surface area contributed by atoms with Gasteiger partial charge in [-0.2, -0.15) is 0 Å². The van der Waals surface area contributed by atoms with E-state index in [1.54, 1.807) is 14.0 Å². The average molecular weight is 265 g/mol. The van der Waals surface area contributed by atoms with E-state index in [0.717, 1.165) is 23.3 Å². The summed E-state index contributed by atoms with van der Waals surface area (Å²) in [6.45, 7) is 7.03. The van der Waals surface area contributed by atoms with Crippen LogP contribution in [0.2, 0.25) is 0 Å². The highest BCUT2D eigenvalue weighted by Gasteiger charge is 2.15. The quantitative estimate of drug-likeness (QED) is 0.769. The van der Waals surface area contributed by atoms with Crippen LogP contribution in [0.4, 0.5) is 0 Å². The van der Waals surface area contributed by atoms with Crippen molar-refractivity contribution >= 4 is 5.91 Å². The third-order valence-electron chi connectivity index (χ3n) is 3.05. The third kappa shape index (κ3) is 4.91. The van der Waals surface area contributed by atoms with E-state index in [0.29, 0.717) is 13.2 Å². The number of hydrogen-bond acceptors (Lipinski definition) is 3. The van der Waals surface area contributed by atoms with Crippen LogP contribution >= 0.6 is 0 Å². The van der Waals surface area contributed by atoms with Crippen molar-refractivity contribution in [3.63, 3.8) is 0 Å². The highest BCUT2D eigenvalue weighted by atomic mass is 16.5. The van der Waals surface area contributed by atoms with Gasteiger partial charge < -0.3 is 14.8 Å². The Labute approximate surface area is 115 Å². The molecule has 0 aromatic heterocycles. The number of carbonyl (C=O) groups excluding carboxylic acids is 1. The number of ether oxygens (including phenoxy) is 2. The van der Waals surface area contributed by atoms with Gasteiger partial charge in [-0.15, -0.1) is 0 Å². The van der Waals surface area contributed by atoms with E-state index in [4.69, 9.17) is 9.47 Å². The minimum absolute atomic E-state index is 0.1000. The van der Waals surface area contributed by atoms with Crippen molar-refractivity contribution in [2.75, 3.05) is 20.3 Å². The van der Waals surface area contributed by atoms with Gasteiger partial charge in [-0.3, -0.25) is 4.79 Å². The minimum atomic E-state index is -0.497. The van der Waals surface area contributed by atoms with E-state index in [1.165, 1.54) is 0 Å². The molecule has 1 aromatic rings. The van der Waals surface area contributed by atoms with Crippen LogP contribution in [-0.2, 0) is 9.53 Å². The maximum absolute atomic E-state index is 11.8. The lowest BCUT2D eigenvalue weighted by Gasteiger charge is -2.17. The highest BCUT2D eigenvalue weighted by Crippen LogP contribution is 2.21. The number of benzene rings is 1. The van der Waals surface area contributed by atoms with Crippen molar-refractivity contribution in [2.45, 2.75) is 33.3 Å². The first-order valence-corrected chi connectivity index (χ1v) is 6.55. The summed E-state index contributed by atoms with van der Waals surface area (Å²) in [6.07, 6.45) is 0.307. The maximum atomic E-state index is 11.8. The number of hydrogen-bond donors (Lipinski definition) is 1. The van der Waals surface area contributed by atoms with Crippen molar-refractivity contribution in [3.8, 4) is 5.75 Å². The molecule has 1 rings (SSSR count). The van der Waals surface area contributed by atoms with Crippen LogP contribution in [0.5, 0.6) is 5.75 Å². The molecular weight excluding hydrogens is 242 g/mol. The molecule has 0 aliphatic carbocycles. The Morgan fingerprint density at radius 1 is 1.37 bits per heavy atom. The summed E-state index contributed by atoms with van der Waals surface area (Å²) in [5.74, 6) is 0.663. The average Bonchev–Trinajstić information content (AvgIpc) is 2.39. The lowest BCUT2D eigenvalue weighted by molar-refractivity contribution is -0.127. The molecule has 1 amide bonds. The fourth-order valence-corrected chi connectivity index (χ4v) is 1.67. The van der Waals surface area contributed by atoms with E-state index >= 15 is 0 Å². The predicted octanol–water partition coefficient (Wildman–Crippen LogP) is 2.22. The Morgan fingerprint density at radius 3 is 2.79 bits per heavy atom. The second kappa shape index (κ2) is 7.79. The number of nitrogens with one attached hydrogen (secondary N) is 1. The Morgan fingerprint density at radius 2 is 2.11 bits per heavy atom. The molecule has 0 unspecified atom stereocenters. The van der Waals surface area contributed by atoms with Crippen LogP contribution < -0.4 is 10.1 Å². The summed E-state index contributed by atoms with van der Waals surface area (Å²) in [5.41, 5.74) is 2.23. The predicted molar refractivity (Wildman–Crippen MR) is 75.5 cm³/mol. The minimum Gasteiger partial charge on any atom is -0.481 e. The Hall–Kier alpha value is -1.55. The van der Waals surface area contributed by atoms with Crippen LogP contribution in [0.15, 0.2) is 18.2 Å². The first-order valence-electron chi connectivity index (χ1n) is 6.55. The molecule has 0 aliphatic heterocycles. The van der Waals surface area contributed by atoms with E-state index in [2.05, 4.69) is 5.32 Å². The molecule has 1 N–H and O–H groups in total. The third-order valence-corrected chi connectivity index (χ3v) is 3.05. The van der Waals surface area contributed by atoms with Gasteiger partial charge in [0.05, 0.1) is 0 Å². The lowest BCUT2D eigenvalue weighted by atomic mass is 10.1. The molecule has 4 heteroatoms. The molecule has 0 radical (unpaired) electrons. The first kappa shape index (κ1) is 15.5. The van der Waals surface area contributed by atoms with Gasteiger partial charge in [0.15, 0.2) is 6.10 Å². The summed E-state index contributed by atoms with van der Waals surface area (Å²) in [4.78, 5) is 11.8. The van der Waals surface area contributed by atoms with E-state index in [9.17, 15) is 4.79 Å². The van der Waals surface area contributed by atoms with Crippen LogP contribution in [0.25, 0.3) is 0 Å². The largest absolute Gasteiger partial charge is 0.481 e. The van der Waals surface area contributed by atoms with Crippen molar-refractivity contribution in [1.29, 1.82) is 0 Å². The molecule has 1 aromatic carbocycles. The Kier molecular flexibility index (Phi) is 6.36. The molecular formula is C15H23NO3. The van der Waals surface area contributed by atoms with Gasteiger partial charge in [-0.05, 0) is 44.4 Å². The summed E-state index contributed by atoms with van der Waals surface area (Å²) in [6, 6.07) is 5.84. The number of amides is 1. The normalized spacial score (nSPS) is 12.0. The fourth-order valence-electron chi connectivity index (χ4n) is 1.67. The standard InChI is InChI=1S/C15H23NO3/c1-11-7-5-8-14(12(11)2)19-13(3)15(17)16-9-6-10-18-4/h5,7-8,13H,6,9-10H2,1-4H3,(H,16,17)/t13-/m0/s1. The van der Waals surface area contributed by atoms with Crippen molar-refractivity contribution in [3.05, 3.63) is 29.3 Å². The Balaban J connectivity index is 2.47. The molecule has 0 spiro atoms. The van der Waals surface area contributed by atoms with Crippen LogP contribution in [0.3, 0.4) is 0 Å². The van der Waals surface area contributed by atoms with E-state index < -0.39 is 6.10 Å². The molecule has 1 atom stereocenters. The zero-order valence-corrected chi connectivity index (χ0v) is 12.2. The Bertz CT molecular complexity index is 418. The zero-order valence-electron chi connectivity index (χ0n) is 12.2. The molecule has 0 aliphatic rings. The first-order chi connectivity index (χ1) is 9.06. The molecule has 0 bridgehead atoms. The van der Waals surface area contributed by atoms with Gasteiger partial charge in [-0.1, -0.05) is 12.1 Å². The van der Waals surface area contributed by atoms with Crippen LogP contribution in [0.1, 0.15) is 24.5 Å². The van der Waals surface area contributed by atoms with E-state index in [-0.39, 0.29) is 5.91 Å². The fraction of sp³-hybridized carbons (Fsp3) is 0.533. The SMILES string of the molecule is COCCCNC(=O)[C@H](C)Oc1cccc(C)c1C. The molecule has 106 valence electrons. The molecule has 0 saturated heterocycles. The molecule has 19 heavy (non-hydrogen) atoms. The smallest absolute Gasteiger partial charge is 0.260 e. The van der Waals surface area contributed by atoms with Gasteiger partial charge in [0.2, 0.25) is 0 Å². The van der Waals surface area contributed by atoms with Crippen LogP contribution in [0, 0.1) is 13.8 Å². The highest BCUT2D eigenvalue weighted by molar-refractivity contribution is 5.80. The molecule has 0 saturated carbocycles. The number of carbonyl (C=O) groups is 1.